The van der Waals surface area contributed by atoms with Crippen LogP contribution in [0, 0.1) is 5.82 Å². The third-order valence-electron chi connectivity index (χ3n) is 2.52. The van der Waals surface area contributed by atoms with Crippen LogP contribution in [0.1, 0.15) is 28.4 Å². The van der Waals surface area contributed by atoms with Crippen molar-refractivity contribution in [1.29, 1.82) is 0 Å². The number of aliphatic hydroxyl groups is 2. The number of carbonyl (C=O) groups is 1. The van der Waals surface area contributed by atoms with E-state index in [9.17, 15) is 19.4 Å². The van der Waals surface area contributed by atoms with Gasteiger partial charge in [0.15, 0.2) is 0 Å². The van der Waals surface area contributed by atoms with E-state index >= 15 is 0 Å². The van der Waals surface area contributed by atoms with Crippen LogP contribution in [-0.2, 0) is 0 Å². The number of aromatic carboxylic acids is 1. The molecule has 0 heterocycles. The number of hydrogen-bond donors (Lipinski definition) is 3. The van der Waals surface area contributed by atoms with Crippen LogP contribution < -0.4 is 0 Å². The molecule has 2 unspecified atom stereocenters. The van der Waals surface area contributed by atoms with Crippen molar-refractivity contribution >= 4 is 5.97 Å². The minimum Gasteiger partial charge on any atom is -0.478 e. The molecular formula is C11H12FN3O4. The van der Waals surface area contributed by atoms with Gasteiger partial charge >= 0.3 is 5.97 Å². The molecule has 0 amide bonds. The van der Waals surface area contributed by atoms with E-state index in [0.717, 1.165) is 12.1 Å². The molecule has 0 bridgehead atoms. The number of carboxylic acids is 1. The summed E-state index contributed by atoms with van der Waals surface area (Å²) in [5.41, 5.74) is 7.60. The van der Waals surface area contributed by atoms with Crippen LogP contribution in [0.25, 0.3) is 10.4 Å². The molecule has 0 aromatic heterocycles. The topological polar surface area (TPSA) is 127 Å². The van der Waals surface area contributed by atoms with Gasteiger partial charge in [-0.1, -0.05) is 11.2 Å². The third kappa shape index (κ3) is 3.92. The van der Waals surface area contributed by atoms with Gasteiger partial charge in [0.25, 0.3) is 0 Å². The van der Waals surface area contributed by atoms with Crippen LogP contribution in [0.15, 0.2) is 23.3 Å². The zero-order valence-electron chi connectivity index (χ0n) is 9.77. The molecule has 0 aliphatic rings. The highest BCUT2D eigenvalue weighted by Gasteiger charge is 2.20. The summed E-state index contributed by atoms with van der Waals surface area (Å²) < 4.78 is 13.4. The Labute approximate surface area is 107 Å². The molecule has 2 atom stereocenters. The molecule has 0 radical (unpaired) electrons. The van der Waals surface area contributed by atoms with Gasteiger partial charge in [-0.3, -0.25) is 0 Å². The molecule has 0 saturated heterocycles. The predicted molar refractivity (Wildman–Crippen MR) is 63.0 cm³/mol. The molecule has 1 aromatic carbocycles. The molecular weight excluding hydrogens is 257 g/mol. The number of nitrogens with zero attached hydrogens (tertiary/aromatic N) is 3. The Kier molecular flexibility index (Phi) is 5.25. The van der Waals surface area contributed by atoms with E-state index in [1.54, 1.807) is 0 Å². The summed E-state index contributed by atoms with van der Waals surface area (Å²) in [4.78, 5) is 13.1. The van der Waals surface area contributed by atoms with Crippen molar-refractivity contribution in [3.8, 4) is 0 Å². The van der Waals surface area contributed by atoms with Gasteiger partial charge in [0.05, 0.1) is 11.7 Å². The lowest BCUT2D eigenvalue weighted by Gasteiger charge is -2.17. The van der Waals surface area contributed by atoms with Crippen LogP contribution >= 0.6 is 0 Å². The monoisotopic (exact) mass is 269 g/mol. The first-order valence-electron chi connectivity index (χ1n) is 5.37. The molecule has 3 N–H and O–H groups in total. The first kappa shape index (κ1) is 14.9. The highest BCUT2D eigenvalue weighted by Crippen LogP contribution is 2.21. The molecule has 19 heavy (non-hydrogen) atoms. The second-order valence-electron chi connectivity index (χ2n) is 3.80. The molecule has 0 saturated carbocycles. The predicted octanol–water partition coefficient (Wildman–Crippen LogP) is 1.62. The van der Waals surface area contributed by atoms with Gasteiger partial charge in [-0.25, -0.2) is 9.18 Å². The summed E-state index contributed by atoms with van der Waals surface area (Å²) >= 11 is 0. The summed E-state index contributed by atoms with van der Waals surface area (Å²) in [5.74, 6) is -2.41. The number of halogens is 1. The SMILES string of the molecule is [N-]=[N+]=NCCC(O)C(O)c1ccc(C(=O)O)c(F)c1. The minimum absolute atomic E-state index is 0.00747. The van der Waals surface area contributed by atoms with Crippen LogP contribution in [0.3, 0.4) is 0 Å². The molecule has 1 rings (SSSR count). The zero-order valence-corrected chi connectivity index (χ0v) is 9.77. The Bertz CT molecular complexity index is 517. The largest absolute Gasteiger partial charge is 0.478 e. The summed E-state index contributed by atoms with van der Waals surface area (Å²) in [6.45, 7) is -0.00951. The highest BCUT2D eigenvalue weighted by atomic mass is 19.1. The fourth-order valence-electron chi connectivity index (χ4n) is 1.50. The van der Waals surface area contributed by atoms with Crippen LogP contribution in [0.2, 0.25) is 0 Å². The third-order valence-corrected chi connectivity index (χ3v) is 2.52. The average Bonchev–Trinajstić information content (AvgIpc) is 2.37. The fourth-order valence-corrected chi connectivity index (χ4v) is 1.50. The van der Waals surface area contributed by atoms with E-state index in [-0.39, 0.29) is 18.5 Å². The number of rotatable bonds is 6. The zero-order chi connectivity index (χ0) is 14.4. The van der Waals surface area contributed by atoms with Gasteiger partial charge in [-0.2, -0.15) is 0 Å². The van der Waals surface area contributed by atoms with E-state index in [0.29, 0.717) is 0 Å². The smallest absolute Gasteiger partial charge is 0.338 e. The van der Waals surface area contributed by atoms with Crippen molar-refractivity contribution in [2.45, 2.75) is 18.6 Å². The summed E-state index contributed by atoms with van der Waals surface area (Å²) in [5, 5.41) is 31.2. The van der Waals surface area contributed by atoms with Crippen molar-refractivity contribution in [2.75, 3.05) is 6.54 Å². The first-order valence-corrected chi connectivity index (χ1v) is 5.37. The quantitative estimate of drug-likeness (QED) is 0.412. The maximum absolute atomic E-state index is 13.4. The summed E-state index contributed by atoms with van der Waals surface area (Å²) in [6, 6.07) is 3.08. The Hall–Kier alpha value is -2.15. The van der Waals surface area contributed by atoms with Crippen molar-refractivity contribution in [2.24, 2.45) is 5.11 Å². The molecule has 102 valence electrons. The van der Waals surface area contributed by atoms with Gasteiger partial charge in [0.1, 0.15) is 11.9 Å². The van der Waals surface area contributed by atoms with Crippen molar-refractivity contribution in [1.82, 2.24) is 0 Å². The van der Waals surface area contributed by atoms with Gasteiger partial charge < -0.3 is 15.3 Å². The van der Waals surface area contributed by atoms with E-state index in [1.165, 1.54) is 6.07 Å². The lowest BCUT2D eigenvalue weighted by molar-refractivity contribution is 0.0148. The highest BCUT2D eigenvalue weighted by molar-refractivity contribution is 5.87. The van der Waals surface area contributed by atoms with E-state index in [4.69, 9.17) is 10.6 Å². The Balaban J connectivity index is 2.82. The molecule has 7 nitrogen and oxygen atoms in total. The number of hydrogen-bond acceptors (Lipinski definition) is 4. The lowest BCUT2D eigenvalue weighted by atomic mass is 10.0. The second kappa shape index (κ2) is 6.69. The normalized spacial score (nSPS) is 13.4. The number of carboxylic acid groups (broad SMARTS) is 1. The van der Waals surface area contributed by atoms with Gasteiger partial charge in [-0.15, -0.1) is 0 Å². The number of aliphatic hydroxyl groups excluding tert-OH is 2. The van der Waals surface area contributed by atoms with E-state index in [2.05, 4.69) is 10.0 Å². The average molecular weight is 269 g/mol. The Morgan fingerprint density at radius 2 is 2.16 bits per heavy atom. The fraction of sp³-hybridized carbons (Fsp3) is 0.364. The maximum atomic E-state index is 13.4. The first-order chi connectivity index (χ1) is 8.97. The summed E-state index contributed by atoms with van der Waals surface area (Å²) in [7, 11) is 0. The minimum atomic E-state index is -1.41. The van der Waals surface area contributed by atoms with Gasteiger partial charge in [0, 0.05) is 11.5 Å². The van der Waals surface area contributed by atoms with Crippen molar-refractivity contribution < 1.29 is 24.5 Å². The van der Waals surface area contributed by atoms with E-state index in [1.807, 2.05) is 0 Å². The molecule has 0 aliphatic carbocycles. The number of azide groups is 1. The van der Waals surface area contributed by atoms with Crippen LogP contribution in [0.4, 0.5) is 4.39 Å². The lowest BCUT2D eigenvalue weighted by Crippen LogP contribution is -2.19. The summed E-state index contributed by atoms with van der Waals surface area (Å²) in [6.07, 6.45) is -2.61. The Morgan fingerprint density at radius 1 is 1.47 bits per heavy atom. The van der Waals surface area contributed by atoms with Crippen molar-refractivity contribution in [3.63, 3.8) is 0 Å². The molecule has 0 aliphatic heterocycles. The molecule has 0 spiro atoms. The standard InChI is InChI=1S/C11H12FN3O4/c12-8-5-6(1-2-7(8)11(18)19)10(17)9(16)3-4-14-15-13/h1-2,5,9-10,16-17H,3-4H2,(H,18,19). The van der Waals surface area contributed by atoms with Crippen LogP contribution in [-0.4, -0.2) is 33.9 Å². The van der Waals surface area contributed by atoms with Gasteiger partial charge in [0.2, 0.25) is 0 Å². The van der Waals surface area contributed by atoms with E-state index < -0.39 is 29.6 Å². The molecule has 0 fully saturated rings. The molecule has 1 aromatic rings. The van der Waals surface area contributed by atoms with Gasteiger partial charge in [-0.05, 0) is 29.6 Å². The van der Waals surface area contributed by atoms with Crippen molar-refractivity contribution in [3.05, 3.63) is 45.6 Å². The van der Waals surface area contributed by atoms with Crippen LogP contribution in [0.5, 0.6) is 0 Å². The Morgan fingerprint density at radius 3 is 2.68 bits per heavy atom. The molecule has 8 heteroatoms. The maximum Gasteiger partial charge on any atom is 0.338 e. The number of benzene rings is 1. The second-order valence-corrected chi connectivity index (χ2v) is 3.80.